The third kappa shape index (κ3) is 4.89. The molecule has 2 atom stereocenters. The molecule has 2 N–H and O–H groups in total. The minimum Gasteiger partial charge on any atom is -0.624 e. The largest absolute Gasteiger partial charge is 0.624 e. The molecule has 2 saturated carbocycles. The second-order valence-corrected chi connectivity index (χ2v) is 11.6. The van der Waals surface area contributed by atoms with E-state index in [0.717, 1.165) is 12.3 Å². The summed E-state index contributed by atoms with van der Waals surface area (Å²) in [5, 5.41) is 23.5. The van der Waals surface area contributed by atoms with Gasteiger partial charge in [0.15, 0.2) is 33.5 Å². The fourth-order valence-corrected chi connectivity index (χ4v) is 8.20. The summed E-state index contributed by atoms with van der Waals surface area (Å²) < 4.78 is 67.9. The minimum atomic E-state index is -4.05. The summed E-state index contributed by atoms with van der Waals surface area (Å²) in [6, 6.07) is 4.76. The molecule has 0 heterocycles. The van der Waals surface area contributed by atoms with Crippen LogP contribution in [-0.2, 0) is 9.84 Å². The Morgan fingerprint density at radius 1 is 1.17 bits per heavy atom. The number of carbonyl (C=O) groups is 1. The zero-order valence-electron chi connectivity index (χ0n) is 18.5. The molecular formula is C23H22ClF3N2O5S. The van der Waals surface area contributed by atoms with Crippen molar-refractivity contribution in [3.63, 3.8) is 0 Å². The van der Waals surface area contributed by atoms with Gasteiger partial charge in [0, 0.05) is 23.4 Å². The summed E-state index contributed by atoms with van der Waals surface area (Å²) in [4.78, 5) is 12.4. The Balaban J connectivity index is 1.62. The second-order valence-electron chi connectivity index (χ2n) is 9.15. The molecule has 188 valence electrons. The molecule has 2 aliphatic carbocycles. The van der Waals surface area contributed by atoms with Crippen LogP contribution in [0, 0.1) is 34.5 Å². The average Bonchev–Trinajstić information content (AvgIpc) is 3.04. The number of amides is 1. The molecule has 0 aromatic heterocycles. The summed E-state index contributed by atoms with van der Waals surface area (Å²) in [5.74, 6) is -6.38. The highest BCUT2D eigenvalue weighted by Crippen LogP contribution is 2.51. The Kier molecular flexibility index (Phi) is 6.62. The molecule has 4 rings (SSSR count). The first-order valence-electron chi connectivity index (χ1n) is 10.8. The number of nitrogens with one attached hydrogen (secondary N) is 1. The number of fused-ring (bicyclic) bond motifs is 2. The van der Waals surface area contributed by atoms with E-state index in [1.165, 1.54) is 19.2 Å². The van der Waals surface area contributed by atoms with E-state index in [2.05, 4.69) is 5.32 Å². The monoisotopic (exact) mass is 530 g/mol. The first kappa shape index (κ1) is 25.5. The van der Waals surface area contributed by atoms with Crippen LogP contribution in [0.4, 0.5) is 18.9 Å². The number of hydrogen-bond donors (Lipinski definition) is 2. The van der Waals surface area contributed by atoms with Gasteiger partial charge in [-0.3, -0.25) is 4.79 Å². The van der Waals surface area contributed by atoms with Crippen LogP contribution < -0.4 is 5.32 Å². The molecule has 2 bridgehead atoms. The Morgan fingerprint density at radius 3 is 2.29 bits per heavy atom. The zero-order chi connectivity index (χ0) is 25.7. The van der Waals surface area contributed by atoms with Crippen molar-refractivity contribution in [1.82, 2.24) is 0 Å². The molecule has 12 heteroatoms. The summed E-state index contributed by atoms with van der Waals surface area (Å²) in [6.07, 6.45) is 2.44. The van der Waals surface area contributed by atoms with Gasteiger partial charge >= 0.3 is 0 Å². The van der Waals surface area contributed by atoms with Gasteiger partial charge < -0.3 is 15.6 Å². The molecular weight excluding hydrogens is 509 g/mol. The Bertz CT molecular complexity index is 1290. The fraction of sp³-hybridized carbons (Fsp3) is 0.391. The molecule has 2 aliphatic rings. The lowest BCUT2D eigenvalue weighted by Gasteiger charge is -2.37. The van der Waals surface area contributed by atoms with Crippen molar-refractivity contribution in [2.75, 3.05) is 12.4 Å². The maximum atomic E-state index is 13.6. The van der Waals surface area contributed by atoms with Gasteiger partial charge in [-0.05, 0) is 55.7 Å². The van der Waals surface area contributed by atoms with E-state index in [1.54, 1.807) is 0 Å². The normalized spacial score (nSPS) is 26.6. The number of anilines is 1. The van der Waals surface area contributed by atoms with Crippen LogP contribution in [-0.4, -0.2) is 48.3 Å². The Labute approximate surface area is 204 Å². The predicted octanol–water partition coefficient (Wildman–Crippen LogP) is 3.91. The van der Waals surface area contributed by atoms with E-state index in [1.807, 2.05) is 0 Å². The smallest absolute Gasteiger partial charge is 0.255 e. The zero-order valence-corrected chi connectivity index (χ0v) is 20.0. The van der Waals surface area contributed by atoms with E-state index in [-0.39, 0.29) is 34.0 Å². The number of carbonyl (C=O) groups excluding carboxylic acids is 1. The third-order valence-corrected chi connectivity index (χ3v) is 9.47. The van der Waals surface area contributed by atoms with Gasteiger partial charge in [0.1, 0.15) is 12.6 Å². The summed E-state index contributed by atoms with van der Waals surface area (Å²) in [5.41, 5.74) is -1.89. The van der Waals surface area contributed by atoms with Crippen LogP contribution >= 0.6 is 11.6 Å². The standard InChI is InChI=1S/C23H22ClF3N2O5S/c1-29(32)11-23(31)9-13-2-3-14(10-23)21(13)35(33,34)19-6-12(4-5-16(19)24)22(30)28-15-7-17(25)20(27)18(26)8-15/h4-8,11,13-14,21,31H,2-3,9-10H2,1H3,(H,28,30)/b29-11+. The summed E-state index contributed by atoms with van der Waals surface area (Å²) >= 11 is 6.21. The average molecular weight is 531 g/mol. The summed E-state index contributed by atoms with van der Waals surface area (Å²) in [7, 11) is -2.81. The van der Waals surface area contributed by atoms with Gasteiger partial charge in [-0.1, -0.05) is 11.6 Å². The van der Waals surface area contributed by atoms with Gasteiger partial charge in [-0.15, -0.1) is 0 Å². The van der Waals surface area contributed by atoms with Crippen LogP contribution in [0.2, 0.25) is 5.02 Å². The van der Waals surface area contributed by atoms with Gasteiger partial charge in [-0.25, -0.2) is 26.3 Å². The lowest BCUT2D eigenvalue weighted by atomic mass is 9.78. The lowest BCUT2D eigenvalue weighted by Crippen LogP contribution is -2.48. The number of halogens is 4. The lowest BCUT2D eigenvalue weighted by molar-refractivity contribution is -0.423. The van der Waals surface area contributed by atoms with Gasteiger partial charge in [0.2, 0.25) is 0 Å². The van der Waals surface area contributed by atoms with E-state index in [4.69, 9.17) is 11.6 Å². The maximum absolute atomic E-state index is 13.6. The second kappa shape index (κ2) is 9.11. The highest BCUT2D eigenvalue weighted by atomic mass is 35.5. The first-order valence-corrected chi connectivity index (χ1v) is 12.7. The highest BCUT2D eigenvalue weighted by Gasteiger charge is 2.55. The first-order chi connectivity index (χ1) is 16.3. The van der Waals surface area contributed by atoms with Crippen molar-refractivity contribution in [3.8, 4) is 0 Å². The number of aliphatic hydroxyl groups is 1. The van der Waals surface area contributed by atoms with Gasteiger partial charge in [-0.2, -0.15) is 0 Å². The molecule has 35 heavy (non-hydrogen) atoms. The van der Waals surface area contributed by atoms with Crippen LogP contribution in [0.1, 0.15) is 36.0 Å². The van der Waals surface area contributed by atoms with Crippen molar-refractivity contribution in [3.05, 3.63) is 63.6 Å². The van der Waals surface area contributed by atoms with Crippen molar-refractivity contribution in [2.45, 2.75) is 41.4 Å². The van der Waals surface area contributed by atoms with E-state index >= 15 is 0 Å². The summed E-state index contributed by atoms with van der Waals surface area (Å²) in [6.45, 7) is 0. The van der Waals surface area contributed by atoms with Crippen molar-refractivity contribution < 1.29 is 36.2 Å². The van der Waals surface area contributed by atoms with Crippen molar-refractivity contribution >= 4 is 39.2 Å². The molecule has 0 radical (unpaired) electrons. The molecule has 0 spiro atoms. The minimum absolute atomic E-state index is 0.0967. The number of benzene rings is 2. The third-order valence-electron chi connectivity index (χ3n) is 6.59. The van der Waals surface area contributed by atoms with Crippen LogP contribution in [0.15, 0.2) is 35.2 Å². The molecule has 7 nitrogen and oxygen atoms in total. The number of hydrogen-bond acceptors (Lipinski definition) is 5. The van der Waals surface area contributed by atoms with Crippen LogP contribution in [0.5, 0.6) is 0 Å². The number of sulfone groups is 1. The van der Waals surface area contributed by atoms with E-state index < -0.39 is 55.9 Å². The Morgan fingerprint density at radius 2 is 1.74 bits per heavy atom. The molecule has 0 saturated heterocycles. The van der Waals surface area contributed by atoms with Crippen molar-refractivity contribution in [2.24, 2.45) is 11.8 Å². The van der Waals surface area contributed by atoms with Gasteiger partial charge in [0.25, 0.3) is 5.91 Å². The molecule has 2 fully saturated rings. The SMILES string of the molecule is C/[N+]([O-])=C\C1(O)CC2CCC(C1)C2S(=O)(=O)c1cc(C(=O)Nc2cc(F)c(F)c(F)c2)ccc1Cl. The number of hydroxylamine groups is 1. The van der Waals surface area contributed by atoms with Crippen molar-refractivity contribution in [1.29, 1.82) is 0 Å². The maximum Gasteiger partial charge on any atom is 0.255 e. The quantitative estimate of drug-likeness (QED) is 0.200. The fourth-order valence-electron chi connectivity index (χ4n) is 5.36. The molecule has 2 aromatic rings. The predicted molar refractivity (Wildman–Crippen MR) is 123 cm³/mol. The van der Waals surface area contributed by atoms with Crippen LogP contribution in [0.3, 0.4) is 0 Å². The highest BCUT2D eigenvalue weighted by molar-refractivity contribution is 7.92. The molecule has 1 amide bonds. The van der Waals surface area contributed by atoms with E-state index in [0.29, 0.717) is 29.7 Å². The Hall–Kier alpha value is -2.63. The van der Waals surface area contributed by atoms with Crippen LogP contribution in [0.25, 0.3) is 0 Å². The van der Waals surface area contributed by atoms with Gasteiger partial charge in [0.05, 0.1) is 15.2 Å². The number of rotatable bonds is 5. The van der Waals surface area contributed by atoms with E-state index in [9.17, 15) is 36.7 Å². The molecule has 2 aromatic carbocycles. The topological polar surface area (TPSA) is 110 Å². The molecule has 2 unspecified atom stereocenters. The molecule has 0 aliphatic heterocycles. The number of nitrogens with zero attached hydrogens (tertiary/aromatic N) is 1.